The van der Waals surface area contributed by atoms with Crippen molar-refractivity contribution < 1.29 is 0 Å². The highest BCUT2D eigenvalue weighted by Crippen LogP contribution is 2.13. The summed E-state index contributed by atoms with van der Waals surface area (Å²) in [5.41, 5.74) is 1.05. The zero-order valence-corrected chi connectivity index (χ0v) is 7.46. The molecule has 0 amide bonds. The van der Waals surface area contributed by atoms with Crippen LogP contribution in [-0.4, -0.2) is 11.5 Å². The molecule has 2 nitrogen and oxygen atoms in total. The molecule has 0 atom stereocenters. The van der Waals surface area contributed by atoms with Crippen molar-refractivity contribution in [2.24, 2.45) is 0 Å². The maximum absolute atomic E-state index is 4.29. The number of aromatic nitrogens is 1. The predicted molar refractivity (Wildman–Crippen MR) is 50.9 cm³/mol. The zero-order valence-electron chi connectivity index (χ0n) is 6.57. The van der Waals surface area contributed by atoms with E-state index in [1.54, 1.807) is 6.20 Å². The standard InChI is InChI=1S/C8H12N2S/c1-2-6-10(11)8-4-3-5-9-7-8/h3-5,7,11H,2,6H2,1H3. The first-order valence-corrected chi connectivity index (χ1v) is 4.11. The summed E-state index contributed by atoms with van der Waals surface area (Å²) in [4.78, 5) is 4.00. The Labute approximate surface area is 72.8 Å². The molecule has 0 aromatic carbocycles. The lowest BCUT2D eigenvalue weighted by molar-refractivity contribution is 0.931. The molecule has 3 heteroatoms. The van der Waals surface area contributed by atoms with Gasteiger partial charge in [-0.05, 0) is 18.6 Å². The maximum atomic E-state index is 4.29. The third-order valence-corrected chi connectivity index (χ3v) is 1.81. The number of nitrogens with zero attached hydrogens (tertiary/aromatic N) is 2. The van der Waals surface area contributed by atoms with Gasteiger partial charge in [0.1, 0.15) is 0 Å². The van der Waals surface area contributed by atoms with E-state index in [9.17, 15) is 0 Å². The van der Waals surface area contributed by atoms with Crippen molar-refractivity contribution in [3.8, 4) is 0 Å². The van der Waals surface area contributed by atoms with Crippen molar-refractivity contribution >= 4 is 18.5 Å². The van der Waals surface area contributed by atoms with E-state index in [4.69, 9.17) is 0 Å². The van der Waals surface area contributed by atoms with E-state index >= 15 is 0 Å². The molecule has 0 radical (unpaired) electrons. The Bertz CT molecular complexity index is 201. The quantitative estimate of drug-likeness (QED) is 0.696. The van der Waals surface area contributed by atoms with Crippen molar-refractivity contribution in [2.45, 2.75) is 13.3 Å². The van der Waals surface area contributed by atoms with Gasteiger partial charge >= 0.3 is 0 Å². The zero-order chi connectivity index (χ0) is 8.10. The Hall–Kier alpha value is -0.700. The smallest absolute Gasteiger partial charge is 0.0650 e. The van der Waals surface area contributed by atoms with Crippen molar-refractivity contribution in [1.82, 2.24) is 4.98 Å². The average Bonchev–Trinajstić information content (AvgIpc) is 2.07. The topological polar surface area (TPSA) is 16.1 Å². The van der Waals surface area contributed by atoms with Crippen molar-refractivity contribution in [3.63, 3.8) is 0 Å². The summed E-state index contributed by atoms with van der Waals surface area (Å²) in [5, 5.41) is 0. The van der Waals surface area contributed by atoms with Gasteiger partial charge in [-0.1, -0.05) is 19.7 Å². The van der Waals surface area contributed by atoms with Crippen LogP contribution in [0.4, 0.5) is 5.69 Å². The van der Waals surface area contributed by atoms with Gasteiger partial charge in [0.2, 0.25) is 0 Å². The van der Waals surface area contributed by atoms with Crippen LogP contribution in [0.2, 0.25) is 0 Å². The van der Waals surface area contributed by atoms with Crippen molar-refractivity contribution in [2.75, 3.05) is 10.8 Å². The minimum absolute atomic E-state index is 0.953. The van der Waals surface area contributed by atoms with Gasteiger partial charge in [0.25, 0.3) is 0 Å². The maximum Gasteiger partial charge on any atom is 0.0650 e. The number of thiol groups is 1. The van der Waals surface area contributed by atoms with Gasteiger partial charge in [-0.2, -0.15) is 0 Å². The fourth-order valence-corrected chi connectivity index (χ4v) is 1.17. The SMILES string of the molecule is CCCN(S)c1cccnc1. The molecule has 0 N–H and O–H groups in total. The Morgan fingerprint density at radius 3 is 3.00 bits per heavy atom. The van der Waals surface area contributed by atoms with Crippen LogP contribution in [0.1, 0.15) is 13.3 Å². The lowest BCUT2D eigenvalue weighted by Gasteiger charge is -2.15. The monoisotopic (exact) mass is 168 g/mol. The lowest BCUT2D eigenvalue weighted by atomic mass is 10.4. The molecule has 60 valence electrons. The molecule has 1 aromatic rings. The van der Waals surface area contributed by atoms with E-state index in [2.05, 4.69) is 24.7 Å². The molecule has 0 fully saturated rings. The minimum Gasteiger partial charge on any atom is -0.317 e. The fraction of sp³-hybridized carbons (Fsp3) is 0.375. The first-order chi connectivity index (χ1) is 5.34. The molecule has 1 rings (SSSR count). The van der Waals surface area contributed by atoms with Crippen LogP contribution in [-0.2, 0) is 0 Å². The van der Waals surface area contributed by atoms with E-state index < -0.39 is 0 Å². The van der Waals surface area contributed by atoms with Gasteiger partial charge in [0.05, 0.1) is 11.9 Å². The number of hydrogen-bond acceptors (Lipinski definition) is 3. The molecule has 0 spiro atoms. The second kappa shape index (κ2) is 4.23. The Kier molecular flexibility index (Phi) is 3.23. The Morgan fingerprint density at radius 2 is 2.45 bits per heavy atom. The lowest BCUT2D eigenvalue weighted by Crippen LogP contribution is -2.10. The highest BCUT2D eigenvalue weighted by atomic mass is 32.1. The summed E-state index contributed by atoms with van der Waals surface area (Å²) in [7, 11) is 0. The molecule has 0 aliphatic heterocycles. The molecule has 0 saturated carbocycles. The highest BCUT2D eigenvalue weighted by Gasteiger charge is 1.97. The van der Waals surface area contributed by atoms with Gasteiger partial charge in [0, 0.05) is 12.7 Å². The van der Waals surface area contributed by atoms with E-state index in [0.29, 0.717) is 0 Å². The number of hydrogen-bond donors (Lipinski definition) is 1. The van der Waals surface area contributed by atoms with Gasteiger partial charge in [-0.15, -0.1) is 0 Å². The molecule has 1 aromatic heterocycles. The molecule has 0 bridgehead atoms. The van der Waals surface area contributed by atoms with Crippen LogP contribution < -0.4 is 4.31 Å². The average molecular weight is 168 g/mol. The van der Waals surface area contributed by atoms with Gasteiger partial charge < -0.3 is 4.31 Å². The fourth-order valence-electron chi connectivity index (χ4n) is 0.847. The highest BCUT2D eigenvalue weighted by molar-refractivity contribution is 7.81. The molecule has 0 unspecified atom stereocenters. The van der Waals surface area contributed by atoms with Crippen LogP contribution >= 0.6 is 12.8 Å². The normalized spacial score (nSPS) is 9.64. The molecule has 0 aliphatic rings. The summed E-state index contributed by atoms with van der Waals surface area (Å²) in [5.74, 6) is 0. The predicted octanol–water partition coefficient (Wildman–Crippen LogP) is 2.14. The van der Waals surface area contributed by atoms with E-state index in [1.807, 2.05) is 22.6 Å². The van der Waals surface area contributed by atoms with E-state index in [1.165, 1.54) is 0 Å². The second-order valence-corrected chi connectivity index (χ2v) is 2.82. The van der Waals surface area contributed by atoms with Crippen LogP contribution in [0, 0.1) is 0 Å². The first kappa shape index (κ1) is 8.40. The molecule has 11 heavy (non-hydrogen) atoms. The van der Waals surface area contributed by atoms with Gasteiger partial charge in [0.15, 0.2) is 0 Å². The van der Waals surface area contributed by atoms with E-state index in [-0.39, 0.29) is 0 Å². The third kappa shape index (κ3) is 2.42. The van der Waals surface area contributed by atoms with Gasteiger partial charge in [-0.25, -0.2) is 0 Å². The summed E-state index contributed by atoms with van der Waals surface area (Å²) >= 11 is 4.29. The third-order valence-electron chi connectivity index (χ3n) is 1.38. The second-order valence-electron chi connectivity index (χ2n) is 2.33. The summed E-state index contributed by atoms with van der Waals surface area (Å²) < 4.78 is 1.90. The Balaban J connectivity index is 2.61. The van der Waals surface area contributed by atoms with Crippen molar-refractivity contribution in [3.05, 3.63) is 24.5 Å². The summed E-state index contributed by atoms with van der Waals surface area (Å²) in [6, 6.07) is 3.91. The molecular weight excluding hydrogens is 156 g/mol. The van der Waals surface area contributed by atoms with Gasteiger partial charge in [-0.3, -0.25) is 4.98 Å². The first-order valence-electron chi connectivity index (χ1n) is 3.71. The van der Waals surface area contributed by atoms with E-state index in [0.717, 1.165) is 18.7 Å². The Morgan fingerprint density at radius 1 is 1.64 bits per heavy atom. The summed E-state index contributed by atoms with van der Waals surface area (Å²) in [6.07, 6.45) is 4.66. The number of rotatable bonds is 3. The minimum atomic E-state index is 0.953. The number of anilines is 1. The molecule has 1 heterocycles. The number of pyridine rings is 1. The summed E-state index contributed by atoms with van der Waals surface area (Å²) in [6.45, 7) is 3.08. The van der Waals surface area contributed by atoms with Crippen LogP contribution in [0.5, 0.6) is 0 Å². The van der Waals surface area contributed by atoms with Crippen LogP contribution in [0.3, 0.4) is 0 Å². The molecular formula is C8H12N2S. The van der Waals surface area contributed by atoms with Crippen molar-refractivity contribution in [1.29, 1.82) is 0 Å². The van der Waals surface area contributed by atoms with Crippen LogP contribution in [0.25, 0.3) is 0 Å². The molecule has 0 aliphatic carbocycles. The molecule has 0 saturated heterocycles. The largest absolute Gasteiger partial charge is 0.317 e. The van der Waals surface area contributed by atoms with Crippen LogP contribution in [0.15, 0.2) is 24.5 Å².